The van der Waals surface area contributed by atoms with E-state index in [0.717, 1.165) is 10.5 Å². The molecule has 0 saturated heterocycles. The maximum atomic E-state index is 14.1. The summed E-state index contributed by atoms with van der Waals surface area (Å²) in [5.41, 5.74) is 6.59. The summed E-state index contributed by atoms with van der Waals surface area (Å²) in [6.07, 6.45) is 1.09. The van der Waals surface area contributed by atoms with Gasteiger partial charge in [0.05, 0.1) is 11.4 Å². The summed E-state index contributed by atoms with van der Waals surface area (Å²) < 4.78 is 20.7. The van der Waals surface area contributed by atoms with Crippen molar-refractivity contribution in [2.24, 2.45) is 5.41 Å². The molecule has 3 aromatic carbocycles. The molecule has 0 aliphatic heterocycles. The van der Waals surface area contributed by atoms with Crippen molar-refractivity contribution in [1.82, 2.24) is 0 Å². The number of rotatable bonds is 7. The van der Waals surface area contributed by atoms with Gasteiger partial charge in [-0.1, -0.05) is 54.1 Å². The number of hydrogen-bond donors (Lipinski definition) is 4. The molecule has 2 amide bonds. The summed E-state index contributed by atoms with van der Waals surface area (Å²) in [6, 6.07) is 17.4. The molecule has 0 saturated carbocycles. The number of anilines is 3. The summed E-state index contributed by atoms with van der Waals surface area (Å²) in [6.45, 7) is 3.46. The molecular weight excluding hydrogens is 517 g/mol. The number of phenols is 1. The molecule has 3 aromatic rings. The van der Waals surface area contributed by atoms with Gasteiger partial charge in [0.15, 0.2) is 11.6 Å². The Kier molecular flexibility index (Phi) is 8.14. The second-order valence-electron chi connectivity index (χ2n) is 8.36. The van der Waals surface area contributed by atoms with Crippen molar-refractivity contribution >= 4 is 45.0 Å². The molecule has 9 heteroatoms. The molecule has 0 aliphatic carbocycles. The summed E-state index contributed by atoms with van der Waals surface area (Å²) in [4.78, 5) is 25.2. The van der Waals surface area contributed by atoms with Crippen LogP contribution in [-0.2, 0) is 9.53 Å². The van der Waals surface area contributed by atoms with E-state index in [4.69, 9.17) is 10.5 Å². The van der Waals surface area contributed by atoms with Crippen molar-refractivity contribution in [2.45, 2.75) is 20.0 Å². The lowest BCUT2D eigenvalue weighted by atomic mass is 9.82. The molecule has 1 atom stereocenters. The highest BCUT2D eigenvalue weighted by Gasteiger charge is 2.33. The van der Waals surface area contributed by atoms with E-state index in [0.29, 0.717) is 22.6 Å². The van der Waals surface area contributed by atoms with Crippen LogP contribution in [0.1, 0.15) is 25.5 Å². The molecule has 7 nitrogen and oxygen atoms in total. The summed E-state index contributed by atoms with van der Waals surface area (Å²) in [5, 5.41) is 14.9. The van der Waals surface area contributed by atoms with E-state index >= 15 is 0 Å². The van der Waals surface area contributed by atoms with Crippen LogP contribution in [-0.4, -0.2) is 17.1 Å². The van der Waals surface area contributed by atoms with Gasteiger partial charge in [-0.3, -0.25) is 10.1 Å². The van der Waals surface area contributed by atoms with E-state index in [2.05, 4.69) is 26.6 Å². The van der Waals surface area contributed by atoms with Gasteiger partial charge in [-0.25, -0.2) is 9.18 Å². The van der Waals surface area contributed by atoms with E-state index in [9.17, 15) is 19.1 Å². The molecule has 0 aromatic heterocycles. The lowest BCUT2D eigenvalue weighted by Gasteiger charge is -2.31. The number of para-hydroxylation sites is 2. The van der Waals surface area contributed by atoms with Crippen LogP contribution in [0.5, 0.6) is 5.75 Å². The molecule has 0 radical (unpaired) electrons. The van der Waals surface area contributed by atoms with Crippen LogP contribution in [0.3, 0.4) is 0 Å². The predicted octanol–water partition coefficient (Wildman–Crippen LogP) is 6.39. The second-order valence-corrected chi connectivity index (χ2v) is 9.27. The molecular formula is C26H25BrFN3O4. The van der Waals surface area contributed by atoms with Crippen LogP contribution in [0.4, 0.5) is 26.2 Å². The second kappa shape index (κ2) is 11.1. The third-order valence-electron chi connectivity index (χ3n) is 5.15. The number of nitrogen functional groups attached to an aromatic ring is 1. The van der Waals surface area contributed by atoms with Crippen molar-refractivity contribution in [3.63, 3.8) is 0 Å². The molecule has 0 bridgehead atoms. The van der Waals surface area contributed by atoms with E-state index in [-0.39, 0.29) is 0 Å². The lowest BCUT2D eigenvalue weighted by Crippen LogP contribution is -2.28. The Balaban J connectivity index is 1.83. The number of phenolic OH excluding ortho intramolecular Hbond substituents is 1. The minimum Gasteiger partial charge on any atom is -0.505 e. The average Bonchev–Trinajstić information content (AvgIpc) is 2.81. The number of nitrogens with two attached hydrogens (primary N) is 1. The quantitative estimate of drug-likeness (QED) is 0.204. The summed E-state index contributed by atoms with van der Waals surface area (Å²) >= 11 is 3.33. The first-order valence-electron chi connectivity index (χ1n) is 10.6. The number of halogens is 2. The topological polar surface area (TPSA) is 114 Å². The number of carbonyl (C=O) groups is 2. The van der Waals surface area contributed by atoms with Crippen molar-refractivity contribution in [3.8, 4) is 5.75 Å². The predicted molar refractivity (Wildman–Crippen MR) is 137 cm³/mol. The Morgan fingerprint density at radius 1 is 1.09 bits per heavy atom. The summed E-state index contributed by atoms with van der Waals surface area (Å²) in [5.74, 6) is -1.83. The average molecular weight is 542 g/mol. The van der Waals surface area contributed by atoms with Crippen LogP contribution in [0, 0.1) is 11.2 Å². The third-order valence-corrected chi connectivity index (χ3v) is 5.68. The van der Waals surface area contributed by atoms with Gasteiger partial charge in [0.1, 0.15) is 6.10 Å². The van der Waals surface area contributed by atoms with Gasteiger partial charge in [-0.15, -0.1) is 0 Å². The summed E-state index contributed by atoms with van der Waals surface area (Å²) in [7, 11) is 0. The van der Waals surface area contributed by atoms with Gasteiger partial charge in [0.25, 0.3) is 0 Å². The zero-order chi connectivity index (χ0) is 25.6. The van der Waals surface area contributed by atoms with E-state index in [1.165, 1.54) is 18.2 Å². The third kappa shape index (κ3) is 7.07. The van der Waals surface area contributed by atoms with E-state index in [1.54, 1.807) is 68.5 Å². The van der Waals surface area contributed by atoms with Gasteiger partial charge in [0.2, 0.25) is 5.91 Å². The molecule has 0 fully saturated rings. The van der Waals surface area contributed by atoms with Crippen molar-refractivity contribution in [1.29, 1.82) is 0 Å². The molecule has 0 spiro atoms. The zero-order valence-electron chi connectivity index (χ0n) is 19.1. The highest BCUT2D eigenvalue weighted by molar-refractivity contribution is 9.10. The molecule has 35 heavy (non-hydrogen) atoms. The SMILES string of the molecule is CC(C)(/C=C/C(=O)Nc1ccccc1N)[C@H](OC(=O)Nc1ccc(Br)cc1)c1ccc(O)c(F)c1. The highest BCUT2D eigenvalue weighted by Crippen LogP contribution is 2.39. The first-order valence-corrected chi connectivity index (χ1v) is 11.4. The van der Waals surface area contributed by atoms with Crippen molar-refractivity contribution in [2.75, 3.05) is 16.4 Å². The highest BCUT2D eigenvalue weighted by atomic mass is 79.9. The van der Waals surface area contributed by atoms with Gasteiger partial charge >= 0.3 is 6.09 Å². The monoisotopic (exact) mass is 541 g/mol. The molecule has 0 unspecified atom stereocenters. The van der Waals surface area contributed by atoms with Gasteiger partial charge < -0.3 is 20.9 Å². The maximum Gasteiger partial charge on any atom is 0.412 e. The molecule has 0 aliphatic rings. The number of hydrogen-bond acceptors (Lipinski definition) is 5. The van der Waals surface area contributed by atoms with Crippen LogP contribution in [0.25, 0.3) is 0 Å². The van der Waals surface area contributed by atoms with Gasteiger partial charge in [-0.2, -0.15) is 0 Å². The zero-order valence-corrected chi connectivity index (χ0v) is 20.7. The first-order chi connectivity index (χ1) is 16.5. The fourth-order valence-electron chi connectivity index (χ4n) is 3.29. The fraction of sp³-hybridized carbons (Fsp3) is 0.154. The van der Waals surface area contributed by atoms with Crippen molar-refractivity contribution < 1.29 is 23.8 Å². The van der Waals surface area contributed by atoms with E-state index < -0.39 is 35.1 Å². The maximum absolute atomic E-state index is 14.1. The minimum absolute atomic E-state index is 0.300. The Hall–Kier alpha value is -3.85. The van der Waals surface area contributed by atoms with Gasteiger partial charge in [0, 0.05) is 15.6 Å². The normalized spacial score (nSPS) is 12.2. The lowest BCUT2D eigenvalue weighted by molar-refractivity contribution is -0.112. The number of nitrogens with one attached hydrogen (secondary N) is 2. The molecule has 182 valence electrons. The molecule has 0 heterocycles. The molecule has 3 rings (SSSR count). The number of amides is 2. The Morgan fingerprint density at radius 2 is 1.77 bits per heavy atom. The van der Waals surface area contributed by atoms with Gasteiger partial charge in [-0.05, 0) is 60.2 Å². The first kappa shape index (κ1) is 25.8. The Morgan fingerprint density at radius 3 is 2.43 bits per heavy atom. The fourth-order valence-corrected chi connectivity index (χ4v) is 3.55. The molecule has 5 N–H and O–H groups in total. The number of aromatic hydroxyl groups is 1. The smallest absolute Gasteiger partial charge is 0.412 e. The van der Waals surface area contributed by atoms with Crippen LogP contribution in [0.15, 0.2) is 83.4 Å². The standard InChI is InChI=1S/C26H25BrFN3O4/c1-26(2,14-13-23(33)31-21-6-4-3-5-20(21)29)24(16-7-12-22(32)19(28)15-16)35-25(34)30-18-10-8-17(27)9-11-18/h3-15,24,32H,29H2,1-2H3,(H,30,34)(H,31,33)/b14-13+/t24-/m1/s1. The number of benzene rings is 3. The minimum atomic E-state index is -1.00. The Bertz CT molecular complexity index is 1250. The largest absolute Gasteiger partial charge is 0.505 e. The van der Waals surface area contributed by atoms with Crippen molar-refractivity contribution in [3.05, 3.63) is 94.7 Å². The van der Waals surface area contributed by atoms with Crippen LogP contribution < -0.4 is 16.4 Å². The van der Waals surface area contributed by atoms with Crippen LogP contribution in [0.2, 0.25) is 0 Å². The van der Waals surface area contributed by atoms with Crippen LogP contribution >= 0.6 is 15.9 Å². The number of ether oxygens (including phenoxy) is 1. The van der Waals surface area contributed by atoms with E-state index in [1.807, 2.05) is 0 Å². The number of carbonyl (C=O) groups excluding carboxylic acids is 2. The Labute approximate surface area is 210 Å².